The summed E-state index contributed by atoms with van der Waals surface area (Å²) >= 11 is 0. The highest BCUT2D eigenvalue weighted by Gasteiger charge is 2.20. The molecule has 0 aliphatic heterocycles. The number of likely N-dealkylation sites (N-methyl/N-ethyl adjacent to an activating group) is 1. The minimum atomic E-state index is -0.231. The lowest BCUT2D eigenvalue weighted by Gasteiger charge is -2.21. The zero-order valence-electron chi connectivity index (χ0n) is 12.6. The Morgan fingerprint density at radius 3 is 2.75 bits per heavy atom. The van der Waals surface area contributed by atoms with Crippen LogP contribution in [0.3, 0.4) is 0 Å². The van der Waals surface area contributed by atoms with E-state index in [1.807, 2.05) is 32.7 Å². The van der Waals surface area contributed by atoms with Crippen molar-refractivity contribution in [1.29, 1.82) is 0 Å². The molecule has 0 atom stereocenters. The Bertz CT molecular complexity index is 653. The molecule has 0 aromatic carbocycles. The Labute approximate surface area is 117 Å². The number of aromatic nitrogens is 4. The molecule has 0 aliphatic carbocycles. The molecule has 1 N–H and O–H groups in total. The lowest BCUT2D eigenvalue weighted by molar-refractivity contribution is 0.206. The summed E-state index contributed by atoms with van der Waals surface area (Å²) in [5.41, 5.74) is 0.190. The maximum atomic E-state index is 12.1. The number of ether oxygens (including phenoxy) is 1. The van der Waals surface area contributed by atoms with Gasteiger partial charge in [-0.15, -0.1) is 0 Å². The summed E-state index contributed by atoms with van der Waals surface area (Å²) in [7, 11) is 3.50. The highest BCUT2D eigenvalue weighted by Crippen LogP contribution is 2.19. The van der Waals surface area contributed by atoms with E-state index in [2.05, 4.69) is 15.1 Å². The first kappa shape index (κ1) is 14.5. The Balaban J connectivity index is 2.52. The van der Waals surface area contributed by atoms with E-state index >= 15 is 0 Å². The van der Waals surface area contributed by atoms with Crippen LogP contribution >= 0.6 is 0 Å². The average molecular weight is 279 g/mol. The monoisotopic (exact) mass is 279 g/mol. The van der Waals surface area contributed by atoms with Crippen molar-refractivity contribution in [2.75, 3.05) is 32.2 Å². The van der Waals surface area contributed by atoms with E-state index in [1.165, 1.54) is 0 Å². The molecule has 0 saturated carbocycles. The summed E-state index contributed by atoms with van der Waals surface area (Å²) < 4.78 is 6.80. The zero-order chi connectivity index (χ0) is 14.9. The van der Waals surface area contributed by atoms with Crippen molar-refractivity contribution in [2.45, 2.75) is 26.3 Å². The van der Waals surface area contributed by atoms with Gasteiger partial charge in [0, 0.05) is 20.7 Å². The predicted octanol–water partition coefficient (Wildman–Crippen LogP) is 0.957. The van der Waals surface area contributed by atoms with Gasteiger partial charge in [-0.3, -0.25) is 9.78 Å². The fraction of sp³-hybridized carbons (Fsp3) is 0.615. The predicted molar refractivity (Wildman–Crippen MR) is 78.3 cm³/mol. The van der Waals surface area contributed by atoms with Crippen LogP contribution in [0.5, 0.6) is 0 Å². The first-order chi connectivity index (χ1) is 9.34. The van der Waals surface area contributed by atoms with Crippen molar-refractivity contribution in [2.24, 2.45) is 0 Å². The SMILES string of the molecule is COCCN(C)c1nc2c(cnn2C(C)(C)C)c(=O)[nH]1. The van der Waals surface area contributed by atoms with E-state index in [1.54, 1.807) is 18.0 Å². The molecule has 2 rings (SSSR count). The third-order valence-electron chi connectivity index (χ3n) is 3.05. The molecule has 7 nitrogen and oxygen atoms in total. The van der Waals surface area contributed by atoms with Gasteiger partial charge in [0.1, 0.15) is 5.39 Å². The van der Waals surface area contributed by atoms with E-state index in [4.69, 9.17) is 4.74 Å². The Kier molecular flexibility index (Phi) is 3.80. The summed E-state index contributed by atoms with van der Waals surface area (Å²) in [6.45, 7) is 7.29. The normalized spacial score (nSPS) is 12.1. The second-order valence-electron chi connectivity index (χ2n) is 5.77. The Hall–Kier alpha value is -1.89. The van der Waals surface area contributed by atoms with E-state index < -0.39 is 0 Å². The van der Waals surface area contributed by atoms with Gasteiger partial charge in [0.15, 0.2) is 5.65 Å². The first-order valence-electron chi connectivity index (χ1n) is 6.53. The van der Waals surface area contributed by atoms with Gasteiger partial charge in [-0.2, -0.15) is 10.1 Å². The molecule has 2 aromatic heterocycles. The molecule has 0 bridgehead atoms. The highest BCUT2D eigenvalue weighted by atomic mass is 16.5. The minimum Gasteiger partial charge on any atom is -0.383 e. The van der Waals surface area contributed by atoms with Crippen molar-refractivity contribution in [3.05, 3.63) is 16.6 Å². The van der Waals surface area contributed by atoms with Crippen LogP contribution in [0.2, 0.25) is 0 Å². The summed E-state index contributed by atoms with van der Waals surface area (Å²) in [5, 5.41) is 4.78. The summed E-state index contributed by atoms with van der Waals surface area (Å²) in [6, 6.07) is 0. The average Bonchev–Trinajstić information content (AvgIpc) is 2.79. The molecule has 0 unspecified atom stereocenters. The summed E-state index contributed by atoms with van der Waals surface area (Å²) in [5.74, 6) is 0.519. The molecule has 0 fully saturated rings. The van der Waals surface area contributed by atoms with Gasteiger partial charge in [0.25, 0.3) is 5.56 Å². The van der Waals surface area contributed by atoms with Gasteiger partial charge in [-0.25, -0.2) is 4.68 Å². The molecule has 7 heteroatoms. The van der Waals surface area contributed by atoms with E-state index in [-0.39, 0.29) is 11.1 Å². The summed E-state index contributed by atoms with van der Waals surface area (Å²) in [4.78, 5) is 21.3. The molecular weight excluding hydrogens is 258 g/mol. The van der Waals surface area contributed by atoms with E-state index in [9.17, 15) is 4.79 Å². The lowest BCUT2D eigenvalue weighted by atomic mass is 10.1. The van der Waals surface area contributed by atoms with Gasteiger partial charge in [0.05, 0.1) is 18.3 Å². The van der Waals surface area contributed by atoms with Crippen LogP contribution in [0.15, 0.2) is 11.0 Å². The smallest absolute Gasteiger partial charge is 0.263 e. The topological polar surface area (TPSA) is 76.0 Å². The Morgan fingerprint density at radius 1 is 1.45 bits per heavy atom. The molecule has 0 aliphatic rings. The highest BCUT2D eigenvalue weighted by molar-refractivity contribution is 5.74. The first-order valence-corrected chi connectivity index (χ1v) is 6.53. The van der Waals surface area contributed by atoms with Crippen LogP contribution in [0.25, 0.3) is 11.0 Å². The molecule has 0 spiro atoms. The van der Waals surface area contributed by atoms with Crippen molar-refractivity contribution in [3.63, 3.8) is 0 Å². The number of rotatable bonds is 4. The van der Waals surface area contributed by atoms with Crippen molar-refractivity contribution in [3.8, 4) is 0 Å². The maximum absolute atomic E-state index is 12.1. The van der Waals surface area contributed by atoms with Gasteiger partial charge < -0.3 is 9.64 Å². The molecule has 0 radical (unpaired) electrons. The largest absolute Gasteiger partial charge is 0.383 e. The number of anilines is 1. The van der Waals surface area contributed by atoms with Gasteiger partial charge in [0.2, 0.25) is 5.95 Å². The molecule has 20 heavy (non-hydrogen) atoms. The fourth-order valence-corrected chi connectivity index (χ4v) is 1.91. The molecule has 0 saturated heterocycles. The Morgan fingerprint density at radius 2 is 2.15 bits per heavy atom. The van der Waals surface area contributed by atoms with Gasteiger partial charge in [-0.05, 0) is 20.8 Å². The number of H-pyrrole nitrogens is 1. The van der Waals surface area contributed by atoms with Crippen molar-refractivity contribution in [1.82, 2.24) is 19.7 Å². The lowest BCUT2D eigenvalue weighted by Crippen LogP contribution is -2.28. The van der Waals surface area contributed by atoms with E-state index in [0.29, 0.717) is 30.1 Å². The quantitative estimate of drug-likeness (QED) is 0.902. The fourth-order valence-electron chi connectivity index (χ4n) is 1.91. The molecule has 2 heterocycles. The number of fused-ring (bicyclic) bond motifs is 1. The second kappa shape index (κ2) is 5.24. The van der Waals surface area contributed by atoms with Crippen LogP contribution in [-0.4, -0.2) is 47.1 Å². The standard InChI is InChI=1S/C13H21N5O2/c1-13(2,3)18-10-9(8-14-18)11(19)16-12(15-10)17(4)6-7-20-5/h8H,6-7H2,1-5H3,(H,15,16,19). The van der Waals surface area contributed by atoms with Gasteiger partial charge in [-0.1, -0.05) is 0 Å². The van der Waals surface area contributed by atoms with Crippen LogP contribution in [0.4, 0.5) is 5.95 Å². The number of nitrogens with zero attached hydrogens (tertiary/aromatic N) is 4. The number of aromatic amines is 1. The van der Waals surface area contributed by atoms with Crippen molar-refractivity contribution < 1.29 is 4.74 Å². The van der Waals surface area contributed by atoms with Crippen LogP contribution in [-0.2, 0) is 10.3 Å². The molecular formula is C13H21N5O2. The third-order valence-corrected chi connectivity index (χ3v) is 3.05. The number of methoxy groups -OCH3 is 1. The van der Waals surface area contributed by atoms with E-state index in [0.717, 1.165) is 0 Å². The summed E-state index contributed by atoms with van der Waals surface area (Å²) in [6.07, 6.45) is 1.56. The third kappa shape index (κ3) is 2.67. The number of nitrogens with one attached hydrogen (secondary N) is 1. The molecule has 110 valence electrons. The maximum Gasteiger partial charge on any atom is 0.263 e. The number of hydrogen-bond donors (Lipinski definition) is 1. The zero-order valence-corrected chi connectivity index (χ0v) is 12.6. The van der Waals surface area contributed by atoms with Crippen LogP contribution < -0.4 is 10.5 Å². The molecule has 2 aromatic rings. The van der Waals surface area contributed by atoms with Crippen LogP contribution in [0.1, 0.15) is 20.8 Å². The molecule has 0 amide bonds. The number of hydrogen-bond acceptors (Lipinski definition) is 5. The van der Waals surface area contributed by atoms with Gasteiger partial charge >= 0.3 is 0 Å². The van der Waals surface area contributed by atoms with Crippen LogP contribution in [0, 0.1) is 0 Å². The second-order valence-corrected chi connectivity index (χ2v) is 5.77. The van der Waals surface area contributed by atoms with Crippen molar-refractivity contribution >= 4 is 17.0 Å². The minimum absolute atomic E-state index is 0.176.